The fraction of sp³-hybridized carbons (Fsp3) is 0.432. The van der Waals surface area contributed by atoms with Crippen LogP contribution >= 0.6 is 0 Å². The van der Waals surface area contributed by atoms with E-state index in [-0.39, 0.29) is 24.1 Å². The van der Waals surface area contributed by atoms with Gasteiger partial charge < -0.3 is 14.9 Å². The van der Waals surface area contributed by atoms with Crippen LogP contribution in [0.2, 0.25) is 0 Å². The molecule has 0 spiro atoms. The summed E-state index contributed by atoms with van der Waals surface area (Å²) in [4.78, 5) is 37.8. The molecule has 266 valence electrons. The van der Waals surface area contributed by atoms with Gasteiger partial charge in [-0.15, -0.1) is 5.10 Å². The first-order valence-electron chi connectivity index (χ1n) is 16.8. The van der Waals surface area contributed by atoms with Crippen molar-refractivity contribution in [1.29, 1.82) is 0 Å². The first-order chi connectivity index (χ1) is 23.6. The molecule has 1 unspecified atom stereocenters. The number of hydrogen-bond acceptors (Lipinski definition) is 8. The second-order valence-corrected chi connectivity index (χ2v) is 15.5. The maximum Gasteiger partial charge on any atom is 0.307 e. The van der Waals surface area contributed by atoms with Crippen LogP contribution in [0, 0.1) is 25.2 Å². The smallest absolute Gasteiger partial charge is 0.307 e. The summed E-state index contributed by atoms with van der Waals surface area (Å²) in [6, 6.07) is 16.2. The minimum atomic E-state index is -3.93. The average molecular weight is 705 g/mol. The standard InChI is InChI=1S/C37H44N4O8S/c1-7-27-21-40(50(47,48)31-12-10-9-11-30(31)49-27)20-26-17-24(14-13-22(26)3)34(28-15-16-29-35(23(28)4)38-39-41(29)8-2)37(5,6)32(42)18-25(36(45)46)19-33(43)44/h9-17,25,27,34H,7-8,18-21H2,1-6H3,(H,43,44)(H,45,46)/t25?,27-,34+/m1/s1. The van der Waals surface area contributed by atoms with Crippen LogP contribution in [-0.2, 0) is 37.5 Å². The molecule has 0 saturated heterocycles. The SMILES string of the molecule is CC[C@@H]1CN(Cc2cc([C@@H](c3ccc4c(nnn4CC)c3C)C(C)(C)C(=O)CC(CC(=O)O)C(=O)O)ccc2C)S(=O)(=O)c2ccccc2O1. The monoisotopic (exact) mass is 704 g/mol. The number of sulfonamides is 1. The zero-order valence-corrected chi connectivity index (χ0v) is 30.0. The third-order valence-corrected chi connectivity index (χ3v) is 11.8. The quantitative estimate of drug-likeness (QED) is 0.176. The number of aryl methyl sites for hydroxylation is 3. The molecule has 1 aromatic heterocycles. The zero-order chi connectivity index (χ0) is 36.5. The Bertz CT molecular complexity index is 2060. The number of carbonyl (C=O) groups is 3. The van der Waals surface area contributed by atoms with Crippen molar-refractivity contribution >= 4 is 38.8 Å². The minimum Gasteiger partial charge on any atom is -0.488 e. The Morgan fingerprint density at radius 1 is 1.02 bits per heavy atom. The Labute approximate surface area is 292 Å². The lowest BCUT2D eigenvalue weighted by Gasteiger charge is -2.36. The molecule has 1 aliphatic heterocycles. The van der Waals surface area contributed by atoms with Gasteiger partial charge in [0.1, 0.15) is 28.0 Å². The van der Waals surface area contributed by atoms with Crippen molar-refractivity contribution < 1.29 is 37.8 Å². The van der Waals surface area contributed by atoms with Gasteiger partial charge in [0, 0.05) is 30.8 Å². The Balaban J connectivity index is 1.63. The third kappa shape index (κ3) is 7.02. The summed E-state index contributed by atoms with van der Waals surface area (Å²) >= 11 is 0. The van der Waals surface area contributed by atoms with Crippen molar-refractivity contribution in [2.24, 2.45) is 11.3 Å². The summed E-state index contributed by atoms with van der Waals surface area (Å²) in [5, 5.41) is 27.8. The molecule has 0 fully saturated rings. The highest BCUT2D eigenvalue weighted by molar-refractivity contribution is 7.89. The van der Waals surface area contributed by atoms with Gasteiger partial charge in [-0.05, 0) is 73.2 Å². The van der Waals surface area contributed by atoms with E-state index in [2.05, 4.69) is 10.3 Å². The van der Waals surface area contributed by atoms with Crippen LogP contribution in [0.25, 0.3) is 11.0 Å². The highest BCUT2D eigenvalue weighted by Gasteiger charge is 2.42. The molecule has 5 rings (SSSR count). The summed E-state index contributed by atoms with van der Waals surface area (Å²) in [6.45, 7) is 12.0. The van der Waals surface area contributed by atoms with E-state index in [0.29, 0.717) is 24.2 Å². The van der Waals surface area contributed by atoms with E-state index >= 15 is 0 Å². The number of carboxylic acid groups (broad SMARTS) is 2. The molecule has 3 atom stereocenters. The Kier molecular flexibility index (Phi) is 10.5. The predicted molar refractivity (Wildman–Crippen MR) is 186 cm³/mol. The maximum atomic E-state index is 14.2. The number of rotatable bonds is 13. The fourth-order valence-electron chi connectivity index (χ4n) is 6.85. The normalized spacial score (nSPS) is 17.4. The molecule has 1 aliphatic rings. The number of nitrogens with zero attached hydrogens (tertiary/aromatic N) is 4. The molecule has 50 heavy (non-hydrogen) atoms. The van der Waals surface area contributed by atoms with Crippen LogP contribution in [-0.4, -0.2) is 68.3 Å². The van der Waals surface area contributed by atoms with E-state index in [9.17, 15) is 33.0 Å². The first-order valence-corrected chi connectivity index (χ1v) is 18.2. The fourth-order valence-corrected chi connectivity index (χ4v) is 8.43. The number of aromatic nitrogens is 3. The predicted octanol–water partition coefficient (Wildman–Crippen LogP) is 5.72. The van der Waals surface area contributed by atoms with Crippen molar-refractivity contribution in [1.82, 2.24) is 19.3 Å². The summed E-state index contributed by atoms with van der Waals surface area (Å²) in [7, 11) is -3.93. The van der Waals surface area contributed by atoms with Gasteiger partial charge in [-0.1, -0.05) is 62.4 Å². The van der Waals surface area contributed by atoms with Crippen LogP contribution < -0.4 is 4.74 Å². The van der Waals surface area contributed by atoms with Crippen molar-refractivity contribution in [3.8, 4) is 5.75 Å². The Morgan fingerprint density at radius 2 is 1.74 bits per heavy atom. The van der Waals surface area contributed by atoms with Crippen molar-refractivity contribution in [3.63, 3.8) is 0 Å². The maximum absolute atomic E-state index is 14.2. The van der Waals surface area contributed by atoms with Crippen LogP contribution in [0.3, 0.4) is 0 Å². The molecule has 0 aliphatic carbocycles. The summed E-state index contributed by atoms with van der Waals surface area (Å²) < 4.78 is 37.4. The van der Waals surface area contributed by atoms with Crippen LogP contribution in [0.15, 0.2) is 59.5 Å². The van der Waals surface area contributed by atoms with Gasteiger partial charge in [0.25, 0.3) is 0 Å². The van der Waals surface area contributed by atoms with Crippen LogP contribution in [0.5, 0.6) is 5.75 Å². The summed E-state index contributed by atoms with van der Waals surface area (Å²) in [5.74, 6) is -4.78. The van der Waals surface area contributed by atoms with E-state index in [4.69, 9.17) is 4.74 Å². The van der Waals surface area contributed by atoms with E-state index in [0.717, 1.165) is 33.3 Å². The van der Waals surface area contributed by atoms with Crippen LogP contribution in [0.4, 0.5) is 0 Å². The molecule has 3 aromatic carbocycles. The first kappa shape index (κ1) is 36.7. The molecule has 4 aromatic rings. The largest absolute Gasteiger partial charge is 0.488 e. The Hall–Kier alpha value is -4.62. The summed E-state index contributed by atoms with van der Waals surface area (Å²) in [5.41, 5.74) is 4.14. The van der Waals surface area contributed by atoms with Gasteiger partial charge >= 0.3 is 11.9 Å². The molecule has 0 amide bonds. The van der Waals surface area contributed by atoms with Gasteiger partial charge in [0.15, 0.2) is 0 Å². The topological polar surface area (TPSA) is 169 Å². The van der Waals surface area contributed by atoms with Crippen molar-refractivity contribution in [2.75, 3.05) is 6.54 Å². The summed E-state index contributed by atoms with van der Waals surface area (Å²) in [6.07, 6.45) is -0.917. The molecule has 2 N–H and O–H groups in total. The molecule has 0 saturated carbocycles. The number of hydrogen-bond donors (Lipinski definition) is 2. The highest BCUT2D eigenvalue weighted by Crippen LogP contribution is 2.46. The number of benzene rings is 3. The van der Waals surface area contributed by atoms with Gasteiger partial charge in [-0.2, -0.15) is 4.31 Å². The number of Topliss-reactive ketones (excluding diaryl/α,β-unsaturated/α-hetero) is 1. The lowest BCUT2D eigenvalue weighted by atomic mass is 9.66. The minimum absolute atomic E-state index is 0.0554. The van der Waals surface area contributed by atoms with Crippen molar-refractivity contribution in [2.45, 2.75) is 90.8 Å². The van der Waals surface area contributed by atoms with E-state index in [1.807, 2.05) is 58.0 Å². The van der Waals surface area contributed by atoms with E-state index in [1.54, 1.807) is 42.8 Å². The number of fused-ring (bicyclic) bond motifs is 2. The number of carbonyl (C=O) groups excluding carboxylic acids is 1. The van der Waals surface area contributed by atoms with Gasteiger partial charge in [-0.3, -0.25) is 14.4 Å². The average Bonchev–Trinajstić information content (AvgIpc) is 3.45. The molecule has 0 bridgehead atoms. The number of ether oxygens (including phenoxy) is 1. The number of aliphatic carboxylic acids is 2. The molecule has 2 heterocycles. The second-order valence-electron chi connectivity index (χ2n) is 13.5. The molecule has 0 radical (unpaired) electrons. The van der Waals surface area contributed by atoms with Gasteiger partial charge in [0.2, 0.25) is 10.0 Å². The lowest BCUT2D eigenvalue weighted by Crippen LogP contribution is -2.37. The van der Waals surface area contributed by atoms with E-state index in [1.165, 1.54) is 4.31 Å². The van der Waals surface area contributed by atoms with Crippen LogP contribution in [0.1, 0.15) is 80.7 Å². The zero-order valence-electron chi connectivity index (χ0n) is 29.2. The molecular formula is C37H44N4O8S. The molecule has 13 heteroatoms. The lowest BCUT2D eigenvalue weighted by molar-refractivity contribution is -0.150. The number of para-hydroxylation sites is 1. The van der Waals surface area contributed by atoms with Gasteiger partial charge in [0.05, 0.1) is 24.4 Å². The second kappa shape index (κ2) is 14.3. The third-order valence-electron chi connectivity index (χ3n) is 9.91. The van der Waals surface area contributed by atoms with Crippen molar-refractivity contribution in [3.05, 3.63) is 82.4 Å². The highest BCUT2D eigenvalue weighted by atomic mass is 32.2. The molecule has 12 nitrogen and oxygen atoms in total. The van der Waals surface area contributed by atoms with Gasteiger partial charge in [-0.25, -0.2) is 13.1 Å². The Morgan fingerprint density at radius 3 is 2.40 bits per heavy atom. The number of carboxylic acids is 2. The molecular weight excluding hydrogens is 660 g/mol. The van der Waals surface area contributed by atoms with E-state index < -0.39 is 57.8 Å². The number of ketones is 1.